The number of amides is 1. The van der Waals surface area contributed by atoms with Crippen LogP contribution in [-0.4, -0.2) is 31.9 Å². The lowest BCUT2D eigenvalue weighted by Gasteiger charge is -2.18. The van der Waals surface area contributed by atoms with Gasteiger partial charge in [0.25, 0.3) is 5.91 Å². The van der Waals surface area contributed by atoms with Crippen LogP contribution >= 0.6 is 0 Å². The van der Waals surface area contributed by atoms with Crippen molar-refractivity contribution in [1.29, 1.82) is 0 Å². The van der Waals surface area contributed by atoms with Gasteiger partial charge in [-0.3, -0.25) is 4.79 Å². The van der Waals surface area contributed by atoms with E-state index in [1.54, 1.807) is 7.11 Å². The van der Waals surface area contributed by atoms with Crippen molar-refractivity contribution < 1.29 is 14.3 Å². The van der Waals surface area contributed by atoms with E-state index in [9.17, 15) is 4.79 Å². The van der Waals surface area contributed by atoms with Gasteiger partial charge in [0.05, 0.1) is 26.0 Å². The van der Waals surface area contributed by atoms with Crippen molar-refractivity contribution in [3.05, 3.63) is 54.1 Å². The molecular formula is C18H19N3O3. The standard InChI is InChI=1S/C18H19N3O3/c1-23-14-8-6-13(7-9-14)19-12-18(22)21-20-16-10-11-24-17-5-3-2-4-15(16)17/h2-9,19H,10-12H2,1H3,(H,21,22)/b20-16-. The van der Waals surface area contributed by atoms with E-state index in [-0.39, 0.29) is 12.5 Å². The molecule has 6 nitrogen and oxygen atoms in total. The van der Waals surface area contributed by atoms with Crippen molar-refractivity contribution in [1.82, 2.24) is 5.43 Å². The van der Waals surface area contributed by atoms with E-state index in [4.69, 9.17) is 9.47 Å². The van der Waals surface area contributed by atoms with E-state index in [0.29, 0.717) is 13.0 Å². The molecule has 6 heteroatoms. The van der Waals surface area contributed by atoms with Gasteiger partial charge in [-0.1, -0.05) is 12.1 Å². The summed E-state index contributed by atoms with van der Waals surface area (Å²) < 4.78 is 10.7. The van der Waals surface area contributed by atoms with E-state index < -0.39 is 0 Å². The van der Waals surface area contributed by atoms with Gasteiger partial charge in [-0.05, 0) is 36.4 Å². The van der Waals surface area contributed by atoms with Crippen LogP contribution in [0.1, 0.15) is 12.0 Å². The summed E-state index contributed by atoms with van der Waals surface area (Å²) in [6.07, 6.45) is 0.670. The second-order valence-corrected chi connectivity index (χ2v) is 5.27. The Labute approximate surface area is 140 Å². The molecule has 0 aliphatic carbocycles. The molecule has 124 valence electrons. The summed E-state index contributed by atoms with van der Waals surface area (Å²) in [6, 6.07) is 15.1. The summed E-state index contributed by atoms with van der Waals surface area (Å²) in [5, 5.41) is 7.28. The molecule has 0 atom stereocenters. The van der Waals surface area contributed by atoms with Crippen LogP contribution in [0.4, 0.5) is 5.69 Å². The number of hydrazone groups is 1. The number of ether oxygens (including phenoxy) is 2. The molecule has 2 aromatic carbocycles. The molecule has 0 unspecified atom stereocenters. The van der Waals surface area contributed by atoms with Crippen molar-refractivity contribution in [2.45, 2.75) is 6.42 Å². The second kappa shape index (κ2) is 7.50. The third-order valence-electron chi connectivity index (χ3n) is 3.65. The highest BCUT2D eigenvalue weighted by atomic mass is 16.5. The number of anilines is 1. The Morgan fingerprint density at radius 1 is 1.21 bits per heavy atom. The number of benzene rings is 2. The van der Waals surface area contributed by atoms with Gasteiger partial charge in [-0.2, -0.15) is 5.10 Å². The lowest BCUT2D eigenvalue weighted by molar-refractivity contribution is -0.119. The van der Waals surface area contributed by atoms with Gasteiger partial charge in [0.15, 0.2) is 0 Å². The van der Waals surface area contributed by atoms with E-state index >= 15 is 0 Å². The molecule has 2 aromatic rings. The Bertz CT molecular complexity index is 741. The van der Waals surface area contributed by atoms with Crippen LogP contribution < -0.4 is 20.2 Å². The van der Waals surface area contributed by atoms with Crippen molar-refractivity contribution in [3.63, 3.8) is 0 Å². The zero-order valence-corrected chi connectivity index (χ0v) is 13.4. The summed E-state index contributed by atoms with van der Waals surface area (Å²) in [4.78, 5) is 12.0. The summed E-state index contributed by atoms with van der Waals surface area (Å²) in [5.74, 6) is 1.37. The Kier molecular flexibility index (Phi) is 4.96. The first-order valence-corrected chi connectivity index (χ1v) is 7.72. The van der Waals surface area contributed by atoms with E-state index in [2.05, 4.69) is 15.8 Å². The maximum atomic E-state index is 12.0. The van der Waals surface area contributed by atoms with Crippen LogP contribution in [0.3, 0.4) is 0 Å². The molecule has 0 saturated heterocycles. The van der Waals surface area contributed by atoms with Crippen molar-refractivity contribution >= 4 is 17.3 Å². The number of fused-ring (bicyclic) bond motifs is 1. The van der Waals surface area contributed by atoms with E-state index in [1.165, 1.54) is 0 Å². The molecule has 0 aromatic heterocycles. The number of nitrogens with zero attached hydrogens (tertiary/aromatic N) is 1. The number of carbonyl (C=O) groups excluding carboxylic acids is 1. The molecule has 1 aliphatic rings. The largest absolute Gasteiger partial charge is 0.497 e. The van der Waals surface area contributed by atoms with E-state index in [0.717, 1.165) is 28.5 Å². The number of methoxy groups -OCH3 is 1. The number of hydrogen-bond acceptors (Lipinski definition) is 5. The topological polar surface area (TPSA) is 72.0 Å². The zero-order chi connectivity index (χ0) is 16.8. The third kappa shape index (κ3) is 3.84. The fraction of sp³-hybridized carbons (Fsp3) is 0.222. The molecule has 3 rings (SSSR count). The quantitative estimate of drug-likeness (QED) is 0.828. The number of carbonyl (C=O) groups is 1. The zero-order valence-electron chi connectivity index (χ0n) is 13.4. The Hall–Kier alpha value is -3.02. The first-order chi connectivity index (χ1) is 11.8. The molecule has 0 bridgehead atoms. The maximum Gasteiger partial charge on any atom is 0.259 e. The first-order valence-electron chi connectivity index (χ1n) is 7.72. The molecular weight excluding hydrogens is 306 g/mol. The SMILES string of the molecule is COc1ccc(NCC(=O)N/N=C2/CCOc3ccccc32)cc1. The number of nitrogens with one attached hydrogen (secondary N) is 2. The number of rotatable bonds is 5. The molecule has 1 heterocycles. The summed E-state index contributed by atoms with van der Waals surface area (Å²) in [6.45, 7) is 0.705. The van der Waals surface area contributed by atoms with Crippen molar-refractivity contribution in [2.24, 2.45) is 5.10 Å². The number of para-hydroxylation sites is 1. The molecule has 2 N–H and O–H groups in total. The van der Waals surface area contributed by atoms with Gasteiger partial charge in [0, 0.05) is 17.7 Å². The average Bonchev–Trinajstić information content (AvgIpc) is 2.65. The summed E-state index contributed by atoms with van der Waals surface area (Å²) >= 11 is 0. The van der Waals surface area contributed by atoms with Gasteiger partial charge in [-0.15, -0.1) is 0 Å². The van der Waals surface area contributed by atoms with Crippen LogP contribution in [0, 0.1) is 0 Å². The van der Waals surface area contributed by atoms with Crippen molar-refractivity contribution in [3.8, 4) is 11.5 Å². The first kappa shape index (κ1) is 15.9. The highest BCUT2D eigenvalue weighted by Gasteiger charge is 2.16. The molecule has 0 saturated carbocycles. The fourth-order valence-electron chi connectivity index (χ4n) is 2.40. The molecule has 1 amide bonds. The predicted molar refractivity (Wildman–Crippen MR) is 92.7 cm³/mol. The lowest BCUT2D eigenvalue weighted by atomic mass is 10.0. The van der Waals surface area contributed by atoms with Crippen LogP contribution in [-0.2, 0) is 4.79 Å². The average molecular weight is 325 g/mol. The van der Waals surface area contributed by atoms with Gasteiger partial charge in [0.2, 0.25) is 0 Å². The normalized spacial score (nSPS) is 14.5. The van der Waals surface area contributed by atoms with Gasteiger partial charge >= 0.3 is 0 Å². The highest BCUT2D eigenvalue weighted by Crippen LogP contribution is 2.24. The molecule has 0 radical (unpaired) electrons. The van der Waals surface area contributed by atoms with Crippen LogP contribution in [0.25, 0.3) is 0 Å². The molecule has 0 fully saturated rings. The second-order valence-electron chi connectivity index (χ2n) is 5.27. The fourth-order valence-corrected chi connectivity index (χ4v) is 2.40. The van der Waals surface area contributed by atoms with Crippen molar-refractivity contribution in [2.75, 3.05) is 25.6 Å². The van der Waals surface area contributed by atoms with Gasteiger partial charge in [-0.25, -0.2) is 5.43 Å². The monoisotopic (exact) mass is 325 g/mol. The Morgan fingerprint density at radius 3 is 2.79 bits per heavy atom. The van der Waals surface area contributed by atoms with Gasteiger partial charge in [0.1, 0.15) is 11.5 Å². The highest BCUT2D eigenvalue weighted by molar-refractivity contribution is 6.04. The minimum atomic E-state index is -0.206. The molecule has 0 spiro atoms. The smallest absolute Gasteiger partial charge is 0.259 e. The van der Waals surface area contributed by atoms with Gasteiger partial charge < -0.3 is 14.8 Å². The molecule has 1 aliphatic heterocycles. The minimum absolute atomic E-state index is 0.140. The van der Waals surface area contributed by atoms with Crippen LogP contribution in [0.2, 0.25) is 0 Å². The third-order valence-corrected chi connectivity index (χ3v) is 3.65. The Morgan fingerprint density at radius 2 is 2.00 bits per heavy atom. The van der Waals surface area contributed by atoms with Crippen LogP contribution in [0.15, 0.2) is 53.6 Å². The minimum Gasteiger partial charge on any atom is -0.497 e. The molecule has 24 heavy (non-hydrogen) atoms. The summed E-state index contributed by atoms with van der Waals surface area (Å²) in [7, 11) is 1.61. The Balaban J connectivity index is 1.55. The predicted octanol–water partition coefficient (Wildman–Crippen LogP) is 2.41. The van der Waals surface area contributed by atoms with Crippen LogP contribution in [0.5, 0.6) is 11.5 Å². The number of hydrogen-bond donors (Lipinski definition) is 2. The maximum absolute atomic E-state index is 12.0. The van der Waals surface area contributed by atoms with E-state index in [1.807, 2.05) is 48.5 Å². The summed E-state index contributed by atoms with van der Waals surface area (Å²) in [5.41, 5.74) is 5.19. The lowest BCUT2D eigenvalue weighted by Crippen LogP contribution is -2.28.